The van der Waals surface area contributed by atoms with Gasteiger partial charge in [-0.05, 0) is 53.9 Å². The first-order chi connectivity index (χ1) is 13.4. The van der Waals surface area contributed by atoms with Crippen LogP contribution in [0.15, 0.2) is 42.5 Å². The number of esters is 1. The highest BCUT2D eigenvalue weighted by Crippen LogP contribution is 2.24. The maximum Gasteiger partial charge on any atom is 0.337 e. The summed E-state index contributed by atoms with van der Waals surface area (Å²) in [6.45, 7) is 5.09. The maximum atomic E-state index is 12.5. The van der Waals surface area contributed by atoms with E-state index < -0.39 is 5.97 Å². The van der Waals surface area contributed by atoms with Gasteiger partial charge in [0.05, 0.1) is 12.7 Å². The van der Waals surface area contributed by atoms with Gasteiger partial charge >= 0.3 is 5.97 Å². The molecule has 0 aromatic heterocycles. The molecule has 0 fully saturated rings. The second-order valence-corrected chi connectivity index (χ2v) is 7.17. The number of rotatable bonds is 4. The van der Waals surface area contributed by atoms with Gasteiger partial charge in [-0.3, -0.25) is 9.59 Å². The van der Waals surface area contributed by atoms with Crippen LogP contribution in [0, 0.1) is 5.92 Å². The summed E-state index contributed by atoms with van der Waals surface area (Å²) >= 11 is 0. The van der Waals surface area contributed by atoms with Crippen LogP contribution in [0.5, 0.6) is 0 Å². The van der Waals surface area contributed by atoms with Crippen molar-refractivity contribution in [2.75, 3.05) is 19.0 Å². The van der Waals surface area contributed by atoms with Crippen molar-refractivity contribution < 1.29 is 19.1 Å². The van der Waals surface area contributed by atoms with Crippen LogP contribution in [-0.4, -0.2) is 36.3 Å². The lowest BCUT2D eigenvalue weighted by atomic mass is 9.98. The number of nitrogens with zero attached hydrogens (tertiary/aromatic N) is 1. The molecule has 6 nitrogen and oxygen atoms in total. The Morgan fingerprint density at radius 1 is 1.00 bits per heavy atom. The molecule has 2 aromatic rings. The van der Waals surface area contributed by atoms with Gasteiger partial charge in [-0.15, -0.1) is 0 Å². The molecular formula is C22H24N2O4. The van der Waals surface area contributed by atoms with E-state index in [1.807, 2.05) is 36.9 Å². The van der Waals surface area contributed by atoms with E-state index in [1.54, 1.807) is 24.3 Å². The summed E-state index contributed by atoms with van der Waals surface area (Å²) in [7, 11) is 1.31. The number of hydrogen-bond donors (Lipinski definition) is 1. The molecule has 0 saturated carbocycles. The van der Waals surface area contributed by atoms with Crippen LogP contribution in [0.25, 0.3) is 0 Å². The molecule has 0 spiro atoms. The number of ether oxygens (including phenoxy) is 1. The topological polar surface area (TPSA) is 75.7 Å². The lowest BCUT2D eigenvalue weighted by Gasteiger charge is -2.30. The van der Waals surface area contributed by atoms with E-state index in [4.69, 9.17) is 0 Å². The SMILES string of the molecule is COC(=O)c1ccc(C(=O)Nc2ccc3c(c2)CN(C(=O)C(C)C)CC3)cc1. The molecule has 0 atom stereocenters. The molecule has 0 bridgehead atoms. The fourth-order valence-corrected chi connectivity index (χ4v) is 3.27. The Kier molecular flexibility index (Phi) is 5.78. The summed E-state index contributed by atoms with van der Waals surface area (Å²) in [5.74, 6) is -0.590. The maximum absolute atomic E-state index is 12.5. The van der Waals surface area contributed by atoms with Crippen molar-refractivity contribution >= 4 is 23.5 Å². The van der Waals surface area contributed by atoms with Gasteiger partial charge in [0.1, 0.15) is 0 Å². The van der Waals surface area contributed by atoms with Crippen molar-refractivity contribution in [2.45, 2.75) is 26.8 Å². The van der Waals surface area contributed by atoms with Crippen LogP contribution in [0.1, 0.15) is 45.7 Å². The third-order valence-corrected chi connectivity index (χ3v) is 4.85. The molecule has 0 unspecified atom stereocenters. The summed E-state index contributed by atoms with van der Waals surface area (Å²) < 4.78 is 4.66. The average molecular weight is 380 g/mol. The first-order valence-electron chi connectivity index (χ1n) is 9.29. The number of nitrogens with one attached hydrogen (secondary N) is 1. The van der Waals surface area contributed by atoms with Crippen molar-refractivity contribution in [3.63, 3.8) is 0 Å². The number of methoxy groups -OCH3 is 1. The van der Waals surface area contributed by atoms with Crippen molar-refractivity contribution in [1.82, 2.24) is 4.90 Å². The molecule has 1 N–H and O–H groups in total. The molecule has 0 saturated heterocycles. The Morgan fingerprint density at radius 2 is 1.68 bits per heavy atom. The number of anilines is 1. The second-order valence-electron chi connectivity index (χ2n) is 7.17. The van der Waals surface area contributed by atoms with E-state index >= 15 is 0 Å². The van der Waals surface area contributed by atoms with Gasteiger partial charge in [0.15, 0.2) is 0 Å². The zero-order valence-electron chi connectivity index (χ0n) is 16.3. The molecule has 6 heteroatoms. The van der Waals surface area contributed by atoms with E-state index in [0.29, 0.717) is 23.4 Å². The molecule has 28 heavy (non-hydrogen) atoms. The Morgan fingerprint density at radius 3 is 2.32 bits per heavy atom. The zero-order chi connectivity index (χ0) is 20.3. The van der Waals surface area contributed by atoms with Gasteiger partial charge in [0.2, 0.25) is 5.91 Å². The molecule has 2 aromatic carbocycles. The summed E-state index contributed by atoms with van der Waals surface area (Å²) in [6.07, 6.45) is 0.816. The second kappa shape index (κ2) is 8.25. The Balaban J connectivity index is 1.72. The molecule has 1 heterocycles. The summed E-state index contributed by atoms with van der Waals surface area (Å²) in [6, 6.07) is 12.1. The normalized spacial score (nSPS) is 13.1. The van der Waals surface area contributed by atoms with E-state index in [0.717, 1.165) is 18.5 Å². The molecule has 2 amide bonds. The van der Waals surface area contributed by atoms with Gasteiger partial charge in [0.25, 0.3) is 5.91 Å². The minimum Gasteiger partial charge on any atom is -0.465 e. The van der Waals surface area contributed by atoms with Crippen LogP contribution < -0.4 is 5.32 Å². The lowest BCUT2D eigenvalue weighted by Crippen LogP contribution is -2.38. The van der Waals surface area contributed by atoms with Gasteiger partial charge in [-0.25, -0.2) is 4.79 Å². The number of amides is 2. The molecule has 3 rings (SSSR count). The summed E-state index contributed by atoms with van der Waals surface area (Å²) in [4.78, 5) is 38.1. The third-order valence-electron chi connectivity index (χ3n) is 4.85. The largest absolute Gasteiger partial charge is 0.465 e. The molecule has 146 valence electrons. The number of hydrogen-bond acceptors (Lipinski definition) is 4. The van der Waals surface area contributed by atoms with Crippen LogP contribution >= 0.6 is 0 Å². The molecule has 0 aliphatic carbocycles. The predicted octanol–water partition coefficient (Wildman–Crippen LogP) is 3.27. The van der Waals surface area contributed by atoms with Crippen molar-refractivity contribution in [1.29, 1.82) is 0 Å². The smallest absolute Gasteiger partial charge is 0.337 e. The van der Waals surface area contributed by atoms with Crippen molar-refractivity contribution in [3.05, 3.63) is 64.7 Å². The van der Waals surface area contributed by atoms with Gasteiger partial charge in [-0.1, -0.05) is 19.9 Å². The number of benzene rings is 2. The number of carbonyl (C=O) groups is 3. The Hall–Kier alpha value is -3.15. The highest BCUT2D eigenvalue weighted by Gasteiger charge is 2.23. The number of carbonyl (C=O) groups excluding carboxylic acids is 3. The van der Waals surface area contributed by atoms with Gasteiger partial charge < -0.3 is 15.0 Å². The van der Waals surface area contributed by atoms with Gasteiger partial charge in [-0.2, -0.15) is 0 Å². The van der Waals surface area contributed by atoms with E-state index in [1.165, 1.54) is 12.7 Å². The molecular weight excluding hydrogens is 356 g/mol. The monoisotopic (exact) mass is 380 g/mol. The minimum atomic E-state index is -0.442. The Labute approximate surface area is 164 Å². The highest BCUT2D eigenvalue weighted by atomic mass is 16.5. The average Bonchev–Trinajstić information content (AvgIpc) is 2.72. The number of fused-ring (bicyclic) bond motifs is 1. The van der Waals surface area contributed by atoms with E-state index in [9.17, 15) is 14.4 Å². The fraction of sp³-hybridized carbons (Fsp3) is 0.318. The molecule has 1 aliphatic heterocycles. The van der Waals surface area contributed by atoms with Crippen molar-refractivity contribution in [2.24, 2.45) is 5.92 Å². The summed E-state index contributed by atoms with van der Waals surface area (Å²) in [5, 5.41) is 2.88. The minimum absolute atomic E-state index is 0.0302. The Bertz CT molecular complexity index is 903. The van der Waals surface area contributed by atoms with Crippen LogP contribution in [0.4, 0.5) is 5.69 Å². The molecule has 1 aliphatic rings. The van der Waals surface area contributed by atoms with E-state index in [-0.39, 0.29) is 17.7 Å². The van der Waals surface area contributed by atoms with Crippen LogP contribution in [0.2, 0.25) is 0 Å². The van der Waals surface area contributed by atoms with E-state index in [2.05, 4.69) is 10.1 Å². The standard InChI is InChI=1S/C22H24N2O4/c1-14(2)21(26)24-11-10-15-8-9-19(12-18(15)13-24)23-20(25)16-4-6-17(7-5-16)22(27)28-3/h4-9,12,14H,10-11,13H2,1-3H3,(H,23,25). The highest BCUT2D eigenvalue weighted by molar-refractivity contribution is 6.04. The summed E-state index contributed by atoms with van der Waals surface area (Å²) in [5.41, 5.74) is 3.77. The van der Waals surface area contributed by atoms with Gasteiger partial charge in [0, 0.05) is 30.3 Å². The van der Waals surface area contributed by atoms with Crippen LogP contribution in [-0.2, 0) is 22.5 Å². The van der Waals surface area contributed by atoms with Crippen molar-refractivity contribution in [3.8, 4) is 0 Å². The predicted molar refractivity (Wildman–Crippen MR) is 106 cm³/mol. The zero-order valence-corrected chi connectivity index (χ0v) is 16.3. The fourth-order valence-electron chi connectivity index (χ4n) is 3.27. The first-order valence-corrected chi connectivity index (χ1v) is 9.29. The first kappa shape index (κ1) is 19.6. The van der Waals surface area contributed by atoms with Crippen LogP contribution in [0.3, 0.4) is 0 Å². The third kappa shape index (κ3) is 4.22. The molecule has 0 radical (unpaired) electrons. The quantitative estimate of drug-likeness (QED) is 0.826. The lowest BCUT2D eigenvalue weighted by molar-refractivity contribution is -0.135.